The molecule has 2 aromatic carbocycles. The summed E-state index contributed by atoms with van der Waals surface area (Å²) in [5, 5.41) is 2.11. The lowest BCUT2D eigenvalue weighted by Crippen LogP contribution is -2.47. The number of benzene rings is 2. The monoisotopic (exact) mass is 496 g/mol. The van der Waals surface area contributed by atoms with Crippen LogP contribution in [0.3, 0.4) is 0 Å². The van der Waals surface area contributed by atoms with E-state index >= 15 is 0 Å². The van der Waals surface area contributed by atoms with E-state index in [1.54, 1.807) is 42.7 Å². The molecule has 0 bridgehead atoms. The molecule has 1 amide bonds. The minimum atomic E-state index is -3.59. The first-order valence-corrected chi connectivity index (χ1v) is 13.9. The number of thiophene rings is 1. The zero-order valence-corrected chi connectivity index (χ0v) is 20.7. The van der Waals surface area contributed by atoms with Crippen molar-refractivity contribution in [1.29, 1.82) is 0 Å². The van der Waals surface area contributed by atoms with Crippen LogP contribution in [0.4, 0.5) is 0 Å². The Hall–Kier alpha value is -2.68. The Morgan fingerprint density at radius 1 is 0.971 bits per heavy atom. The second kappa shape index (κ2) is 9.52. The number of hydrogen-bond acceptors (Lipinski definition) is 5. The smallest absolute Gasteiger partial charge is 0.243 e. The maximum Gasteiger partial charge on any atom is 0.243 e. The first-order valence-electron chi connectivity index (χ1n) is 11.5. The van der Waals surface area contributed by atoms with Crippen molar-refractivity contribution >= 4 is 27.3 Å². The highest BCUT2D eigenvalue weighted by atomic mass is 32.2. The van der Waals surface area contributed by atoms with Crippen LogP contribution in [0.1, 0.15) is 34.9 Å². The zero-order valence-electron chi connectivity index (χ0n) is 19.1. The number of methoxy groups -OCH3 is 1. The van der Waals surface area contributed by atoms with Gasteiger partial charge in [0, 0.05) is 30.4 Å². The fourth-order valence-electron chi connectivity index (χ4n) is 5.02. The van der Waals surface area contributed by atoms with Crippen LogP contribution in [0.15, 0.2) is 70.9 Å². The molecule has 2 aliphatic heterocycles. The van der Waals surface area contributed by atoms with Gasteiger partial charge < -0.3 is 9.64 Å². The lowest BCUT2D eigenvalue weighted by atomic mass is 9.89. The molecule has 0 aliphatic carbocycles. The van der Waals surface area contributed by atoms with Crippen LogP contribution in [0.5, 0.6) is 5.75 Å². The third-order valence-corrected chi connectivity index (χ3v) is 9.77. The average molecular weight is 497 g/mol. The van der Waals surface area contributed by atoms with E-state index in [9.17, 15) is 13.2 Å². The number of carbonyl (C=O) groups is 1. The fraction of sp³-hybridized carbons (Fsp3) is 0.346. The summed E-state index contributed by atoms with van der Waals surface area (Å²) in [7, 11) is -2.04. The van der Waals surface area contributed by atoms with Crippen molar-refractivity contribution in [3.05, 3.63) is 82.0 Å². The Labute approximate surface area is 204 Å². The van der Waals surface area contributed by atoms with Crippen LogP contribution in [0.2, 0.25) is 0 Å². The van der Waals surface area contributed by atoms with E-state index in [-0.39, 0.29) is 22.8 Å². The van der Waals surface area contributed by atoms with E-state index in [0.717, 1.165) is 12.0 Å². The van der Waals surface area contributed by atoms with Crippen molar-refractivity contribution in [2.24, 2.45) is 5.92 Å². The molecular formula is C26H28N2O4S2. The molecule has 3 heterocycles. The highest BCUT2D eigenvalue weighted by molar-refractivity contribution is 7.89. The Balaban J connectivity index is 1.31. The molecule has 3 aromatic rings. The van der Waals surface area contributed by atoms with Crippen LogP contribution in [-0.2, 0) is 21.2 Å². The molecule has 0 spiro atoms. The number of ether oxygens (including phenoxy) is 1. The third-order valence-electron chi connectivity index (χ3n) is 6.86. The molecule has 2 aliphatic rings. The van der Waals surface area contributed by atoms with Gasteiger partial charge in [-0.05, 0) is 66.1 Å². The molecule has 0 saturated carbocycles. The Bertz CT molecular complexity index is 1250. The first kappa shape index (κ1) is 23.1. The van der Waals surface area contributed by atoms with Gasteiger partial charge in [0.1, 0.15) is 5.75 Å². The zero-order chi connectivity index (χ0) is 23.7. The van der Waals surface area contributed by atoms with Crippen LogP contribution in [0, 0.1) is 5.92 Å². The summed E-state index contributed by atoms with van der Waals surface area (Å²) < 4.78 is 32.8. The molecule has 8 heteroatoms. The number of sulfonamides is 1. The Morgan fingerprint density at radius 2 is 1.68 bits per heavy atom. The molecule has 1 unspecified atom stereocenters. The average Bonchev–Trinajstić information content (AvgIpc) is 3.37. The van der Waals surface area contributed by atoms with E-state index in [0.29, 0.717) is 38.2 Å². The molecule has 6 nitrogen and oxygen atoms in total. The standard InChI is InChI=1S/C26H28N2O4S2/c1-32-21-7-9-22(10-8-21)34(30,31)27-15-11-20(12-16-27)26(29)28-17-13-24-23(14-18-33-24)25(28)19-5-3-2-4-6-19/h2-10,14,18,20,25H,11-13,15-17H2,1H3. The summed E-state index contributed by atoms with van der Waals surface area (Å²) in [6, 6.07) is 18.7. The SMILES string of the molecule is COc1ccc(S(=O)(=O)N2CCC(C(=O)N3CCc4sccc4C3c3ccccc3)CC2)cc1. The Morgan fingerprint density at radius 3 is 2.35 bits per heavy atom. The van der Waals surface area contributed by atoms with Crippen molar-refractivity contribution < 1.29 is 17.9 Å². The summed E-state index contributed by atoms with van der Waals surface area (Å²) in [6.07, 6.45) is 1.93. The van der Waals surface area contributed by atoms with Crippen LogP contribution >= 0.6 is 11.3 Å². The van der Waals surface area contributed by atoms with E-state index in [1.165, 1.54) is 14.7 Å². The van der Waals surface area contributed by atoms with Gasteiger partial charge in [-0.25, -0.2) is 8.42 Å². The third kappa shape index (κ3) is 4.26. The lowest BCUT2D eigenvalue weighted by molar-refractivity contribution is -0.138. The first-order chi connectivity index (χ1) is 16.5. The van der Waals surface area contributed by atoms with E-state index in [2.05, 4.69) is 23.6 Å². The van der Waals surface area contributed by atoms with Crippen molar-refractivity contribution in [3.8, 4) is 5.75 Å². The number of nitrogens with zero attached hydrogens (tertiary/aromatic N) is 2. The molecule has 178 valence electrons. The number of hydrogen-bond donors (Lipinski definition) is 0. The number of piperidine rings is 1. The molecule has 5 rings (SSSR count). The van der Waals surface area contributed by atoms with Gasteiger partial charge in [-0.15, -0.1) is 11.3 Å². The number of fused-ring (bicyclic) bond motifs is 1. The second-order valence-electron chi connectivity index (χ2n) is 8.75. The molecule has 1 atom stereocenters. The minimum absolute atomic E-state index is 0.0789. The highest BCUT2D eigenvalue weighted by Crippen LogP contribution is 2.39. The maximum absolute atomic E-state index is 13.7. The van der Waals surface area contributed by atoms with Gasteiger partial charge in [-0.2, -0.15) is 4.31 Å². The predicted molar refractivity (Wildman–Crippen MR) is 132 cm³/mol. The van der Waals surface area contributed by atoms with Gasteiger partial charge in [0.25, 0.3) is 0 Å². The summed E-state index contributed by atoms with van der Waals surface area (Å²) in [5.41, 5.74) is 2.34. The van der Waals surface area contributed by atoms with Crippen molar-refractivity contribution in [2.45, 2.75) is 30.2 Å². The molecule has 0 N–H and O–H groups in total. The summed E-state index contributed by atoms with van der Waals surface area (Å²) in [6.45, 7) is 1.38. The minimum Gasteiger partial charge on any atom is -0.497 e. The van der Waals surface area contributed by atoms with Crippen LogP contribution < -0.4 is 4.74 Å². The fourth-order valence-corrected chi connectivity index (χ4v) is 7.40. The largest absolute Gasteiger partial charge is 0.497 e. The maximum atomic E-state index is 13.7. The van der Waals surface area contributed by atoms with Crippen molar-refractivity contribution in [1.82, 2.24) is 9.21 Å². The van der Waals surface area contributed by atoms with Gasteiger partial charge in [0.2, 0.25) is 15.9 Å². The van der Waals surface area contributed by atoms with Crippen LogP contribution in [0.25, 0.3) is 0 Å². The topological polar surface area (TPSA) is 66.9 Å². The van der Waals surface area contributed by atoms with Gasteiger partial charge >= 0.3 is 0 Å². The van der Waals surface area contributed by atoms with E-state index < -0.39 is 10.0 Å². The van der Waals surface area contributed by atoms with Crippen LogP contribution in [-0.4, -0.2) is 50.3 Å². The summed E-state index contributed by atoms with van der Waals surface area (Å²) in [4.78, 5) is 17.3. The summed E-state index contributed by atoms with van der Waals surface area (Å²) in [5.74, 6) is 0.576. The van der Waals surface area contributed by atoms with Gasteiger partial charge in [-0.1, -0.05) is 30.3 Å². The number of rotatable bonds is 5. The molecule has 0 radical (unpaired) electrons. The highest BCUT2D eigenvalue weighted by Gasteiger charge is 2.38. The predicted octanol–water partition coefficient (Wildman–Crippen LogP) is 4.33. The van der Waals surface area contributed by atoms with Crippen molar-refractivity contribution in [2.75, 3.05) is 26.7 Å². The quantitative estimate of drug-likeness (QED) is 0.527. The molecule has 1 aromatic heterocycles. The normalized spacial score (nSPS) is 19.6. The number of amides is 1. The molecule has 1 fully saturated rings. The number of carbonyl (C=O) groups excluding carboxylic acids is 1. The van der Waals surface area contributed by atoms with E-state index in [4.69, 9.17) is 4.74 Å². The van der Waals surface area contributed by atoms with E-state index in [1.807, 2.05) is 23.1 Å². The molecule has 1 saturated heterocycles. The van der Waals surface area contributed by atoms with Gasteiger partial charge in [0.05, 0.1) is 18.0 Å². The Kier molecular flexibility index (Phi) is 6.46. The lowest BCUT2D eigenvalue weighted by Gasteiger charge is -2.40. The summed E-state index contributed by atoms with van der Waals surface area (Å²) >= 11 is 1.76. The van der Waals surface area contributed by atoms with Gasteiger partial charge in [-0.3, -0.25) is 4.79 Å². The molecule has 34 heavy (non-hydrogen) atoms. The van der Waals surface area contributed by atoms with Gasteiger partial charge in [0.15, 0.2) is 0 Å². The van der Waals surface area contributed by atoms with Crippen molar-refractivity contribution in [3.63, 3.8) is 0 Å². The second-order valence-corrected chi connectivity index (χ2v) is 11.7. The molecular weight excluding hydrogens is 468 g/mol.